The number of rotatable bonds is 2. The van der Waals surface area contributed by atoms with E-state index in [4.69, 9.17) is 8.83 Å². The van der Waals surface area contributed by atoms with E-state index in [-0.39, 0.29) is 5.41 Å². The van der Waals surface area contributed by atoms with Crippen molar-refractivity contribution in [3.63, 3.8) is 0 Å². The lowest BCUT2D eigenvalue weighted by Gasteiger charge is -2.21. The number of benzene rings is 10. The molecule has 0 unspecified atom stereocenters. The second-order valence-corrected chi connectivity index (χ2v) is 16.4. The Morgan fingerprint density at radius 3 is 1.61 bits per heavy atom. The average Bonchev–Trinajstić information content (AvgIpc) is 3.90. The minimum atomic E-state index is -0.0592. The first-order valence-corrected chi connectivity index (χ1v) is 19.8. The third-order valence-electron chi connectivity index (χ3n) is 13.0. The third-order valence-corrected chi connectivity index (χ3v) is 13.0. The van der Waals surface area contributed by atoms with Gasteiger partial charge in [0, 0.05) is 32.3 Å². The van der Waals surface area contributed by atoms with Gasteiger partial charge in [0.2, 0.25) is 0 Å². The van der Waals surface area contributed by atoms with E-state index in [2.05, 4.69) is 178 Å². The van der Waals surface area contributed by atoms with E-state index < -0.39 is 0 Å². The van der Waals surface area contributed by atoms with Crippen molar-refractivity contribution in [1.29, 1.82) is 0 Å². The fraction of sp³-hybridized carbons (Fsp3) is 0.0545. The zero-order valence-corrected chi connectivity index (χ0v) is 31.5. The fourth-order valence-electron chi connectivity index (χ4n) is 10.3. The zero-order chi connectivity index (χ0) is 37.6. The van der Waals surface area contributed by atoms with Gasteiger partial charge < -0.3 is 8.83 Å². The molecule has 2 aromatic heterocycles. The van der Waals surface area contributed by atoms with Crippen LogP contribution in [0.4, 0.5) is 0 Å². The Morgan fingerprint density at radius 2 is 0.842 bits per heavy atom. The van der Waals surface area contributed by atoms with Gasteiger partial charge in [0.25, 0.3) is 0 Å². The SMILES string of the molecule is CC1(C)c2ccc(-c3ccc4oc5ccc(-c6ccc7c(c6)c6ccccc6c6ccc8oc9ccccc9c8c67)cc5c4c3)cc2-c2c1ccc1ccccc21. The number of fused-ring (bicyclic) bond motifs is 18. The predicted octanol–water partition coefficient (Wildman–Crippen LogP) is 15.7. The lowest BCUT2D eigenvalue weighted by Crippen LogP contribution is -2.14. The summed E-state index contributed by atoms with van der Waals surface area (Å²) in [5.74, 6) is 0. The first-order chi connectivity index (χ1) is 28.0. The molecule has 1 aliphatic rings. The Bertz CT molecular complexity index is 3720. The maximum absolute atomic E-state index is 6.47. The van der Waals surface area contributed by atoms with Crippen LogP contribution in [0.25, 0.3) is 120 Å². The first kappa shape index (κ1) is 31.1. The van der Waals surface area contributed by atoms with Crippen LogP contribution in [0.5, 0.6) is 0 Å². The van der Waals surface area contributed by atoms with Crippen molar-refractivity contribution in [3.05, 3.63) is 181 Å². The number of hydrogen-bond donors (Lipinski definition) is 0. The van der Waals surface area contributed by atoms with Crippen molar-refractivity contribution in [2.24, 2.45) is 0 Å². The molecule has 2 nitrogen and oxygen atoms in total. The van der Waals surface area contributed by atoms with Crippen molar-refractivity contribution < 1.29 is 8.83 Å². The van der Waals surface area contributed by atoms with Gasteiger partial charge in [-0.2, -0.15) is 0 Å². The van der Waals surface area contributed by atoms with Gasteiger partial charge >= 0.3 is 0 Å². The Hall–Kier alpha value is -7.16. The monoisotopic (exact) mass is 726 g/mol. The van der Waals surface area contributed by atoms with Crippen molar-refractivity contribution in [1.82, 2.24) is 0 Å². The van der Waals surface area contributed by atoms with E-state index in [9.17, 15) is 0 Å². The molecule has 1 aliphatic carbocycles. The topological polar surface area (TPSA) is 26.3 Å². The molecule has 0 spiro atoms. The number of hydrogen-bond acceptors (Lipinski definition) is 2. The van der Waals surface area contributed by atoms with Crippen LogP contribution in [-0.2, 0) is 5.41 Å². The average molecular weight is 727 g/mol. The van der Waals surface area contributed by atoms with Gasteiger partial charge in [0.1, 0.15) is 22.3 Å². The molecular weight excluding hydrogens is 693 g/mol. The second kappa shape index (κ2) is 11.0. The standard InChI is InChI=1S/C55H34O2/c1-55(2)46-22-17-33(30-45(46)52-36-10-4-3-9-31(36)16-23-47(52)55)35-19-25-50-44(29-35)43-28-34(18-24-49(43)56-50)32-15-20-40-42(27-32)38-12-6-5-11-37(38)39-21-26-51-54(53(39)40)41-13-7-8-14-48(41)57-51/h3-30H,1-2H3. The molecule has 0 aliphatic heterocycles. The maximum Gasteiger partial charge on any atom is 0.136 e. The van der Waals surface area contributed by atoms with E-state index in [0.29, 0.717) is 0 Å². The smallest absolute Gasteiger partial charge is 0.136 e. The molecule has 0 fully saturated rings. The third kappa shape index (κ3) is 4.19. The highest BCUT2D eigenvalue weighted by Gasteiger charge is 2.36. The Morgan fingerprint density at radius 1 is 0.333 bits per heavy atom. The van der Waals surface area contributed by atoms with Crippen LogP contribution in [0.15, 0.2) is 179 Å². The van der Waals surface area contributed by atoms with Crippen LogP contribution in [0.1, 0.15) is 25.0 Å². The molecule has 266 valence electrons. The highest BCUT2D eigenvalue weighted by atomic mass is 16.3. The molecule has 13 rings (SSSR count). The van der Waals surface area contributed by atoms with E-state index >= 15 is 0 Å². The van der Waals surface area contributed by atoms with Gasteiger partial charge in [0.05, 0.1) is 0 Å². The molecule has 0 saturated carbocycles. The molecule has 2 heteroatoms. The van der Waals surface area contributed by atoms with Crippen molar-refractivity contribution in [3.8, 4) is 33.4 Å². The minimum absolute atomic E-state index is 0.0592. The van der Waals surface area contributed by atoms with Crippen LogP contribution in [0.3, 0.4) is 0 Å². The van der Waals surface area contributed by atoms with Crippen LogP contribution in [-0.4, -0.2) is 0 Å². The van der Waals surface area contributed by atoms with E-state index in [1.165, 1.54) is 87.4 Å². The summed E-state index contributed by atoms with van der Waals surface area (Å²) < 4.78 is 12.8. The van der Waals surface area contributed by atoms with Crippen LogP contribution >= 0.6 is 0 Å². The van der Waals surface area contributed by atoms with E-state index in [0.717, 1.165) is 44.1 Å². The molecule has 2 heterocycles. The molecule has 0 saturated heterocycles. The second-order valence-electron chi connectivity index (χ2n) is 16.4. The highest BCUT2D eigenvalue weighted by Crippen LogP contribution is 2.52. The molecule has 0 bridgehead atoms. The maximum atomic E-state index is 6.47. The summed E-state index contributed by atoms with van der Waals surface area (Å²) in [6.45, 7) is 4.71. The van der Waals surface area contributed by atoms with Gasteiger partial charge in [-0.3, -0.25) is 0 Å². The summed E-state index contributed by atoms with van der Waals surface area (Å²) in [6.07, 6.45) is 0. The molecule has 0 amide bonds. The molecule has 57 heavy (non-hydrogen) atoms. The first-order valence-electron chi connectivity index (χ1n) is 19.8. The molecule has 0 atom stereocenters. The Labute approximate surface area is 328 Å². The molecule has 10 aromatic carbocycles. The highest BCUT2D eigenvalue weighted by molar-refractivity contribution is 6.34. The number of para-hydroxylation sites is 1. The summed E-state index contributed by atoms with van der Waals surface area (Å²) in [5, 5.41) is 14.6. The largest absolute Gasteiger partial charge is 0.456 e. The van der Waals surface area contributed by atoms with Crippen LogP contribution < -0.4 is 0 Å². The van der Waals surface area contributed by atoms with Crippen LogP contribution in [0, 0.1) is 0 Å². The number of furan rings is 2. The van der Waals surface area contributed by atoms with Crippen molar-refractivity contribution >= 4 is 87.0 Å². The molecular formula is C55H34O2. The van der Waals surface area contributed by atoms with Crippen LogP contribution in [0.2, 0.25) is 0 Å². The summed E-state index contributed by atoms with van der Waals surface area (Å²) in [7, 11) is 0. The van der Waals surface area contributed by atoms with E-state index in [1.807, 2.05) is 6.07 Å². The van der Waals surface area contributed by atoms with Gasteiger partial charge in [0.15, 0.2) is 0 Å². The minimum Gasteiger partial charge on any atom is -0.456 e. The lowest BCUT2D eigenvalue weighted by atomic mass is 9.82. The summed E-state index contributed by atoms with van der Waals surface area (Å²) in [5.41, 5.74) is 13.8. The Kier molecular flexibility index (Phi) is 6.00. The Balaban J connectivity index is 0.980. The zero-order valence-electron chi connectivity index (χ0n) is 31.5. The van der Waals surface area contributed by atoms with Gasteiger partial charge in [-0.05, 0) is 137 Å². The fourth-order valence-corrected chi connectivity index (χ4v) is 10.3. The molecule has 12 aromatic rings. The van der Waals surface area contributed by atoms with Crippen molar-refractivity contribution in [2.75, 3.05) is 0 Å². The molecule has 0 N–H and O–H groups in total. The summed E-state index contributed by atoms with van der Waals surface area (Å²) in [6, 6.07) is 62.3. The van der Waals surface area contributed by atoms with Crippen molar-refractivity contribution in [2.45, 2.75) is 19.3 Å². The van der Waals surface area contributed by atoms with Gasteiger partial charge in [-0.15, -0.1) is 0 Å². The predicted molar refractivity (Wildman–Crippen MR) is 239 cm³/mol. The normalized spacial score (nSPS) is 13.6. The summed E-state index contributed by atoms with van der Waals surface area (Å²) >= 11 is 0. The summed E-state index contributed by atoms with van der Waals surface area (Å²) in [4.78, 5) is 0. The van der Waals surface area contributed by atoms with Gasteiger partial charge in [-0.25, -0.2) is 0 Å². The molecule has 0 radical (unpaired) electrons. The quantitative estimate of drug-likeness (QED) is 0.166. The lowest BCUT2D eigenvalue weighted by molar-refractivity contribution is 0.661. The van der Waals surface area contributed by atoms with Gasteiger partial charge in [-0.1, -0.05) is 129 Å². The van der Waals surface area contributed by atoms with E-state index in [1.54, 1.807) is 0 Å².